The Bertz CT molecular complexity index is 907. The first-order chi connectivity index (χ1) is 11.1. The van der Waals surface area contributed by atoms with Crippen molar-refractivity contribution in [1.82, 2.24) is 9.78 Å². The highest BCUT2D eigenvalue weighted by Crippen LogP contribution is 2.21. The molecule has 0 radical (unpaired) electrons. The van der Waals surface area contributed by atoms with Crippen LogP contribution in [0.25, 0.3) is 16.9 Å². The molecule has 0 aliphatic heterocycles. The van der Waals surface area contributed by atoms with Crippen molar-refractivity contribution in [3.63, 3.8) is 0 Å². The zero-order valence-corrected chi connectivity index (χ0v) is 12.3. The average molecular weight is 310 g/mol. The van der Waals surface area contributed by atoms with Gasteiger partial charge in [0.15, 0.2) is 0 Å². The van der Waals surface area contributed by atoms with Crippen LogP contribution in [-0.4, -0.2) is 28.0 Å². The first-order valence-electron chi connectivity index (χ1n) is 6.89. The minimum atomic E-state index is -1.09. The Morgan fingerprint density at radius 3 is 2.48 bits per heavy atom. The number of aromatic nitrogens is 2. The van der Waals surface area contributed by atoms with Gasteiger partial charge >= 0.3 is 5.97 Å². The van der Waals surface area contributed by atoms with Crippen molar-refractivity contribution in [2.45, 2.75) is 0 Å². The number of hydrogen-bond acceptors (Lipinski definition) is 3. The summed E-state index contributed by atoms with van der Waals surface area (Å²) in [6, 6.07) is 15.0. The maximum Gasteiger partial charge on any atom is 0.337 e. The van der Waals surface area contributed by atoms with Crippen LogP contribution < -0.4 is 10.3 Å². The highest BCUT2D eigenvalue weighted by molar-refractivity contribution is 5.91. The Kier molecular flexibility index (Phi) is 3.72. The van der Waals surface area contributed by atoms with Crippen LogP contribution in [0.15, 0.2) is 59.4 Å². The van der Waals surface area contributed by atoms with E-state index in [9.17, 15) is 14.7 Å². The van der Waals surface area contributed by atoms with Crippen LogP contribution in [0, 0.1) is 0 Å². The Hall–Kier alpha value is -3.28. The van der Waals surface area contributed by atoms with Crippen LogP contribution in [0.1, 0.15) is 10.4 Å². The van der Waals surface area contributed by atoms with Gasteiger partial charge in [-0.3, -0.25) is 9.89 Å². The Balaban J connectivity index is 2.08. The van der Waals surface area contributed by atoms with Gasteiger partial charge in [0.05, 0.1) is 24.1 Å². The van der Waals surface area contributed by atoms with Gasteiger partial charge in [0, 0.05) is 6.07 Å². The molecule has 2 aromatic carbocycles. The first kappa shape index (κ1) is 14.6. The van der Waals surface area contributed by atoms with E-state index >= 15 is 0 Å². The molecule has 0 saturated heterocycles. The number of nitrogens with zero attached hydrogens (tertiary/aromatic N) is 1. The fraction of sp³-hybridized carbons (Fsp3) is 0.0588. The van der Waals surface area contributed by atoms with Gasteiger partial charge in [0.2, 0.25) is 0 Å². The highest BCUT2D eigenvalue weighted by atomic mass is 16.5. The number of carbonyl (C=O) groups is 1. The smallest absolute Gasteiger partial charge is 0.337 e. The summed E-state index contributed by atoms with van der Waals surface area (Å²) < 4.78 is 6.33. The van der Waals surface area contributed by atoms with E-state index in [-0.39, 0.29) is 11.1 Å². The van der Waals surface area contributed by atoms with Gasteiger partial charge in [-0.2, -0.15) is 0 Å². The molecule has 1 heterocycles. The molecule has 0 bridgehead atoms. The number of nitrogens with one attached hydrogen (secondary N) is 1. The molecule has 0 unspecified atom stereocenters. The Labute approximate surface area is 131 Å². The molecule has 0 aliphatic carbocycles. The number of carboxylic acid groups (broad SMARTS) is 1. The average Bonchev–Trinajstić information content (AvgIpc) is 2.96. The van der Waals surface area contributed by atoms with Crippen molar-refractivity contribution in [2.75, 3.05) is 7.11 Å². The van der Waals surface area contributed by atoms with Crippen molar-refractivity contribution in [3.8, 4) is 22.7 Å². The number of para-hydroxylation sites is 1. The van der Waals surface area contributed by atoms with Gasteiger partial charge in [-0.1, -0.05) is 12.1 Å². The van der Waals surface area contributed by atoms with E-state index in [1.807, 2.05) is 12.1 Å². The van der Waals surface area contributed by atoms with Crippen LogP contribution in [0.3, 0.4) is 0 Å². The lowest BCUT2D eigenvalue weighted by Gasteiger charge is -2.06. The predicted octanol–water partition coefficient (Wildman–Crippen LogP) is 2.54. The molecule has 116 valence electrons. The molecule has 0 saturated carbocycles. The fourth-order valence-corrected chi connectivity index (χ4v) is 2.34. The van der Waals surface area contributed by atoms with Crippen molar-refractivity contribution < 1.29 is 14.6 Å². The van der Waals surface area contributed by atoms with Crippen molar-refractivity contribution in [1.29, 1.82) is 0 Å². The van der Waals surface area contributed by atoms with Crippen LogP contribution in [0.4, 0.5) is 0 Å². The fourth-order valence-electron chi connectivity index (χ4n) is 2.34. The van der Waals surface area contributed by atoms with Crippen LogP contribution in [0.5, 0.6) is 5.75 Å². The quantitative estimate of drug-likeness (QED) is 0.775. The number of aromatic carboxylic acids is 1. The lowest BCUT2D eigenvalue weighted by molar-refractivity contribution is 0.0696. The van der Waals surface area contributed by atoms with Gasteiger partial charge in [-0.05, 0) is 42.0 Å². The minimum absolute atomic E-state index is 0.0535. The summed E-state index contributed by atoms with van der Waals surface area (Å²) in [6.45, 7) is 0. The zero-order valence-electron chi connectivity index (χ0n) is 12.3. The van der Waals surface area contributed by atoms with Crippen molar-refractivity contribution in [2.24, 2.45) is 0 Å². The molecule has 1 aromatic heterocycles. The molecule has 0 fully saturated rings. The molecule has 0 amide bonds. The number of carboxylic acids is 1. The van der Waals surface area contributed by atoms with Crippen LogP contribution in [-0.2, 0) is 0 Å². The molecule has 3 rings (SSSR count). The molecule has 23 heavy (non-hydrogen) atoms. The largest absolute Gasteiger partial charge is 0.497 e. The summed E-state index contributed by atoms with van der Waals surface area (Å²) >= 11 is 0. The standard InChI is InChI=1S/C17H14N2O4/c1-23-12-8-6-11(7-9-12)14-10-16(20)19(18-14)15-5-3-2-4-13(15)17(21)22/h2-10,18H,1H3,(H,21,22). The highest BCUT2D eigenvalue weighted by Gasteiger charge is 2.14. The number of methoxy groups -OCH3 is 1. The number of hydrogen-bond donors (Lipinski definition) is 2. The van der Waals surface area contributed by atoms with E-state index in [4.69, 9.17) is 4.74 Å². The molecule has 0 aliphatic rings. The lowest BCUT2D eigenvalue weighted by atomic mass is 10.1. The molecule has 2 N–H and O–H groups in total. The van der Waals surface area contributed by atoms with E-state index in [2.05, 4.69) is 5.10 Å². The third kappa shape index (κ3) is 2.74. The van der Waals surface area contributed by atoms with Crippen molar-refractivity contribution >= 4 is 5.97 Å². The van der Waals surface area contributed by atoms with Crippen LogP contribution in [0.2, 0.25) is 0 Å². The zero-order chi connectivity index (χ0) is 16.4. The molecule has 6 nitrogen and oxygen atoms in total. The molecule has 6 heteroatoms. The second kappa shape index (κ2) is 5.84. The third-order valence-electron chi connectivity index (χ3n) is 3.50. The normalized spacial score (nSPS) is 10.5. The molecule has 0 spiro atoms. The van der Waals surface area contributed by atoms with Gasteiger partial charge in [0.1, 0.15) is 5.75 Å². The number of ether oxygens (including phenoxy) is 1. The lowest BCUT2D eigenvalue weighted by Crippen LogP contribution is -2.16. The second-order valence-corrected chi connectivity index (χ2v) is 4.89. The van der Waals surface area contributed by atoms with E-state index in [0.717, 1.165) is 5.56 Å². The minimum Gasteiger partial charge on any atom is -0.497 e. The molecular formula is C17H14N2O4. The molecular weight excluding hydrogens is 296 g/mol. The molecule has 0 atom stereocenters. The summed E-state index contributed by atoms with van der Waals surface area (Å²) in [5.41, 5.74) is 1.42. The monoisotopic (exact) mass is 310 g/mol. The van der Waals surface area contributed by atoms with E-state index in [0.29, 0.717) is 17.1 Å². The summed E-state index contributed by atoms with van der Waals surface area (Å²) in [4.78, 5) is 23.5. The van der Waals surface area contributed by atoms with Crippen LogP contribution >= 0.6 is 0 Å². The second-order valence-electron chi connectivity index (χ2n) is 4.89. The maximum atomic E-state index is 12.2. The first-order valence-corrected chi connectivity index (χ1v) is 6.89. The SMILES string of the molecule is COc1ccc(-c2cc(=O)n(-c3ccccc3C(=O)O)[nH]2)cc1. The maximum absolute atomic E-state index is 12.2. The van der Waals surface area contributed by atoms with Gasteiger partial charge in [-0.25, -0.2) is 9.48 Å². The van der Waals surface area contributed by atoms with Gasteiger partial charge < -0.3 is 9.84 Å². The summed E-state index contributed by atoms with van der Waals surface area (Å²) in [7, 11) is 1.58. The summed E-state index contributed by atoms with van der Waals surface area (Å²) in [5, 5.41) is 12.2. The predicted molar refractivity (Wildman–Crippen MR) is 85.3 cm³/mol. The van der Waals surface area contributed by atoms with E-state index in [1.54, 1.807) is 37.4 Å². The topological polar surface area (TPSA) is 84.3 Å². The summed E-state index contributed by atoms with van der Waals surface area (Å²) in [6.07, 6.45) is 0. The van der Waals surface area contributed by atoms with E-state index < -0.39 is 5.97 Å². The van der Waals surface area contributed by atoms with Crippen molar-refractivity contribution in [3.05, 3.63) is 70.5 Å². The summed E-state index contributed by atoms with van der Waals surface area (Å²) in [5.74, 6) is -0.375. The Morgan fingerprint density at radius 2 is 1.83 bits per heavy atom. The number of benzene rings is 2. The number of rotatable bonds is 4. The van der Waals surface area contributed by atoms with Gasteiger partial charge in [-0.15, -0.1) is 0 Å². The Morgan fingerprint density at radius 1 is 1.13 bits per heavy atom. The third-order valence-corrected chi connectivity index (χ3v) is 3.50. The number of H-pyrrole nitrogens is 1. The number of aromatic amines is 1. The van der Waals surface area contributed by atoms with Gasteiger partial charge in [0.25, 0.3) is 5.56 Å². The molecule has 3 aromatic rings. The van der Waals surface area contributed by atoms with E-state index in [1.165, 1.54) is 16.8 Å².